The number of aromatic nitrogens is 1. The highest BCUT2D eigenvalue weighted by atomic mass is 32.2. The number of methoxy groups -OCH3 is 2. The molecule has 15 heteroatoms. The zero-order valence-electron chi connectivity index (χ0n) is 32.6. The number of urea groups is 1. The van der Waals surface area contributed by atoms with Gasteiger partial charge in [0, 0.05) is 41.6 Å². The van der Waals surface area contributed by atoms with Crippen molar-refractivity contribution in [3.05, 3.63) is 107 Å². The number of fused-ring (bicyclic) bond motifs is 1. The van der Waals surface area contributed by atoms with Crippen LogP contribution in [0.4, 0.5) is 21.9 Å². The number of rotatable bonds is 16. The first kappa shape index (κ1) is 42.0. The lowest BCUT2D eigenvalue weighted by atomic mass is 9.86. The standard InChI is InChI=1S/C42H47N5O9S/c1-42(2,3)26-22-34(39(55-5)35(23-26)47-57(6,52)53)46-41(51)45-33-16-17-37(30-11-8-7-10-29(30)33)56-28-18-19-44-27(24-28)20-25-14-15-31(38(21-25)54-4)36(48)13-9-12-32(43)40(49)50/h7-8,10-11,14-19,21-24,32,47H,9,12-13,20,43H2,1-6H3,(H,49,50)(H2,45,46,51)/t32-/m1/s1. The molecule has 0 saturated heterocycles. The van der Waals surface area contributed by atoms with E-state index in [0.717, 1.165) is 22.8 Å². The average molecular weight is 798 g/mol. The minimum Gasteiger partial charge on any atom is -0.496 e. The fraction of sp³-hybridized carbons (Fsp3) is 0.286. The van der Waals surface area contributed by atoms with Gasteiger partial charge in [-0.05, 0) is 71.8 Å². The van der Waals surface area contributed by atoms with Crippen molar-refractivity contribution in [2.75, 3.05) is 35.8 Å². The molecular formula is C42H47N5O9S. The number of carboxylic acid groups (broad SMARTS) is 1. The fourth-order valence-corrected chi connectivity index (χ4v) is 6.72. The second-order valence-corrected chi connectivity index (χ2v) is 16.3. The lowest BCUT2D eigenvalue weighted by Gasteiger charge is -2.24. The molecule has 300 valence electrons. The number of nitrogens with one attached hydrogen (secondary N) is 3. The van der Waals surface area contributed by atoms with Crippen molar-refractivity contribution in [1.29, 1.82) is 0 Å². The van der Waals surface area contributed by atoms with E-state index in [1.165, 1.54) is 14.2 Å². The molecule has 1 aromatic heterocycles. The Morgan fingerprint density at radius 2 is 1.56 bits per heavy atom. The van der Waals surface area contributed by atoms with E-state index in [2.05, 4.69) is 20.3 Å². The van der Waals surface area contributed by atoms with E-state index in [4.69, 9.17) is 25.1 Å². The van der Waals surface area contributed by atoms with Crippen molar-refractivity contribution in [3.8, 4) is 23.0 Å². The van der Waals surface area contributed by atoms with Gasteiger partial charge in [0.2, 0.25) is 10.0 Å². The van der Waals surface area contributed by atoms with E-state index in [-0.39, 0.29) is 41.2 Å². The Kier molecular flexibility index (Phi) is 13.1. The molecule has 0 radical (unpaired) electrons. The largest absolute Gasteiger partial charge is 0.496 e. The Morgan fingerprint density at radius 3 is 2.23 bits per heavy atom. The first-order valence-corrected chi connectivity index (χ1v) is 20.0. The van der Waals surface area contributed by atoms with Gasteiger partial charge >= 0.3 is 12.0 Å². The Morgan fingerprint density at radius 1 is 0.860 bits per heavy atom. The first-order chi connectivity index (χ1) is 26.9. The molecule has 0 aliphatic carbocycles. The summed E-state index contributed by atoms with van der Waals surface area (Å²) in [6, 6.07) is 21.7. The van der Waals surface area contributed by atoms with Crippen molar-refractivity contribution < 1.29 is 42.1 Å². The van der Waals surface area contributed by atoms with Gasteiger partial charge in [-0.1, -0.05) is 51.1 Å². The van der Waals surface area contributed by atoms with Crippen molar-refractivity contribution in [2.24, 2.45) is 5.73 Å². The maximum Gasteiger partial charge on any atom is 0.323 e. The monoisotopic (exact) mass is 797 g/mol. The molecule has 0 fully saturated rings. The summed E-state index contributed by atoms with van der Waals surface area (Å²) in [5.41, 5.74) is 8.91. The van der Waals surface area contributed by atoms with Crippen LogP contribution in [-0.4, -0.2) is 62.8 Å². The fourth-order valence-electron chi connectivity index (χ4n) is 6.16. The Hall–Kier alpha value is -6.19. The number of Topliss-reactive ketones (excluding diaryl/α,β-unsaturated/α-hetero) is 1. The molecule has 5 aromatic rings. The highest BCUT2D eigenvalue weighted by molar-refractivity contribution is 7.92. The van der Waals surface area contributed by atoms with Crippen LogP contribution >= 0.6 is 0 Å². The van der Waals surface area contributed by atoms with Gasteiger partial charge in [-0.2, -0.15) is 0 Å². The number of anilines is 3. The third-order valence-corrected chi connectivity index (χ3v) is 9.63. The number of benzene rings is 4. The molecule has 57 heavy (non-hydrogen) atoms. The van der Waals surface area contributed by atoms with Crippen molar-refractivity contribution in [2.45, 2.75) is 57.9 Å². The third-order valence-electron chi connectivity index (χ3n) is 9.04. The van der Waals surface area contributed by atoms with Crippen LogP contribution in [0.2, 0.25) is 0 Å². The number of amides is 2. The number of aliphatic carboxylic acids is 1. The molecule has 2 amide bonds. The normalized spacial score (nSPS) is 12.1. The summed E-state index contributed by atoms with van der Waals surface area (Å²) < 4.78 is 44.2. The van der Waals surface area contributed by atoms with Crippen molar-refractivity contribution in [1.82, 2.24) is 4.98 Å². The molecule has 0 unspecified atom stereocenters. The average Bonchev–Trinajstić information content (AvgIpc) is 3.14. The van der Waals surface area contributed by atoms with Crippen LogP contribution in [0.3, 0.4) is 0 Å². The van der Waals surface area contributed by atoms with Gasteiger partial charge in [-0.15, -0.1) is 0 Å². The second-order valence-electron chi connectivity index (χ2n) is 14.5. The number of carbonyl (C=O) groups excluding carboxylic acids is 2. The molecule has 4 aromatic carbocycles. The van der Waals surface area contributed by atoms with Crippen LogP contribution < -0.4 is 35.3 Å². The van der Waals surface area contributed by atoms with Gasteiger partial charge < -0.3 is 35.7 Å². The van der Waals surface area contributed by atoms with Crippen LogP contribution in [0.15, 0.2) is 85.1 Å². The number of carbonyl (C=O) groups is 3. The lowest BCUT2D eigenvalue weighted by Crippen LogP contribution is -2.29. The maximum absolute atomic E-state index is 13.5. The Balaban J connectivity index is 1.32. The highest BCUT2D eigenvalue weighted by Gasteiger charge is 2.23. The molecule has 0 spiro atoms. The number of carboxylic acids is 1. The second kappa shape index (κ2) is 17.7. The number of ketones is 1. The summed E-state index contributed by atoms with van der Waals surface area (Å²) in [7, 11) is -0.767. The van der Waals surface area contributed by atoms with Gasteiger partial charge in [0.05, 0.1) is 43.1 Å². The van der Waals surface area contributed by atoms with Crippen LogP contribution in [0.25, 0.3) is 10.8 Å². The topological polar surface area (TPSA) is 208 Å². The van der Waals surface area contributed by atoms with Gasteiger partial charge in [0.1, 0.15) is 23.3 Å². The predicted molar refractivity (Wildman–Crippen MR) is 221 cm³/mol. The number of hydrogen-bond donors (Lipinski definition) is 5. The van der Waals surface area contributed by atoms with Crippen molar-refractivity contribution >= 4 is 55.6 Å². The van der Waals surface area contributed by atoms with Gasteiger partial charge in [0.25, 0.3) is 0 Å². The van der Waals surface area contributed by atoms with Gasteiger partial charge in [0.15, 0.2) is 11.5 Å². The SMILES string of the molecule is COc1cc(Cc2cc(Oc3ccc(NC(=O)Nc4cc(C(C)(C)C)cc(NS(C)(=O)=O)c4OC)c4ccccc34)ccn2)ccc1C(=O)CCC[C@@H](N)C(=O)O. The summed E-state index contributed by atoms with van der Waals surface area (Å²) in [6.07, 6.45) is 3.79. The molecule has 0 bridgehead atoms. The van der Waals surface area contributed by atoms with E-state index in [9.17, 15) is 22.8 Å². The summed E-state index contributed by atoms with van der Waals surface area (Å²) in [5, 5.41) is 16.2. The first-order valence-electron chi connectivity index (χ1n) is 18.1. The van der Waals surface area contributed by atoms with E-state index in [1.807, 2.05) is 57.2 Å². The van der Waals surface area contributed by atoms with Crippen LogP contribution in [0.1, 0.15) is 67.2 Å². The zero-order valence-corrected chi connectivity index (χ0v) is 33.5. The molecule has 1 atom stereocenters. The Bertz CT molecular complexity index is 2410. The molecule has 1 heterocycles. The number of sulfonamides is 1. The van der Waals surface area contributed by atoms with E-state index in [0.29, 0.717) is 52.4 Å². The zero-order chi connectivity index (χ0) is 41.5. The summed E-state index contributed by atoms with van der Waals surface area (Å²) >= 11 is 0. The third kappa shape index (κ3) is 11.0. The number of nitrogens with zero attached hydrogens (tertiary/aromatic N) is 1. The van der Waals surface area contributed by atoms with Gasteiger partial charge in [-0.25, -0.2) is 13.2 Å². The minimum atomic E-state index is -3.65. The van der Waals surface area contributed by atoms with Gasteiger partial charge in [-0.3, -0.25) is 19.3 Å². The minimum absolute atomic E-state index is 0.144. The predicted octanol–water partition coefficient (Wildman–Crippen LogP) is 7.71. The molecular weight excluding hydrogens is 751 g/mol. The molecule has 6 N–H and O–H groups in total. The maximum atomic E-state index is 13.5. The molecule has 0 aliphatic rings. The quantitative estimate of drug-likeness (QED) is 0.0611. The number of pyridine rings is 1. The number of hydrogen-bond acceptors (Lipinski definition) is 10. The van der Waals surface area contributed by atoms with E-state index >= 15 is 0 Å². The van der Waals surface area contributed by atoms with E-state index in [1.54, 1.807) is 48.7 Å². The number of nitrogens with two attached hydrogens (primary N) is 1. The number of ether oxygens (including phenoxy) is 3. The summed E-state index contributed by atoms with van der Waals surface area (Å²) in [5.74, 6) is 0.381. The molecule has 0 saturated carbocycles. The smallest absolute Gasteiger partial charge is 0.323 e. The summed E-state index contributed by atoms with van der Waals surface area (Å²) in [4.78, 5) is 41.9. The van der Waals surface area contributed by atoms with Crippen LogP contribution in [-0.2, 0) is 26.7 Å². The molecule has 14 nitrogen and oxygen atoms in total. The Labute approximate surface area is 331 Å². The van der Waals surface area contributed by atoms with Crippen LogP contribution in [0, 0.1) is 0 Å². The van der Waals surface area contributed by atoms with E-state index < -0.39 is 28.1 Å². The lowest BCUT2D eigenvalue weighted by molar-refractivity contribution is -0.138. The molecule has 5 rings (SSSR count). The van der Waals surface area contributed by atoms with Crippen molar-refractivity contribution in [3.63, 3.8) is 0 Å². The highest BCUT2D eigenvalue weighted by Crippen LogP contribution is 2.40. The van der Waals surface area contributed by atoms with Crippen LogP contribution in [0.5, 0.6) is 23.0 Å². The molecule has 0 aliphatic heterocycles. The summed E-state index contributed by atoms with van der Waals surface area (Å²) in [6.45, 7) is 5.92.